The summed E-state index contributed by atoms with van der Waals surface area (Å²) in [6.45, 7) is 4.62. The van der Waals surface area contributed by atoms with Crippen molar-refractivity contribution in [1.82, 2.24) is 20.4 Å². The lowest BCUT2D eigenvalue weighted by Gasteiger charge is -2.27. The van der Waals surface area contributed by atoms with Crippen LogP contribution >= 0.6 is 0 Å². The van der Waals surface area contributed by atoms with E-state index in [1.807, 2.05) is 44.2 Å². The van der Waals surface area contributed by atoms with Crippen molar-refractivity contribution in [1.29, 1.82) is 0 Å². The van der Waals surface area contributed by atoms with Gasteiger partial charge in [0.2, 0.25) is 0 Å². The first-order valence-corrected chi connectivity index (χ1v) is 10.8. The van der Waals surface area contributed by atoms with Gasteiger partial charge in [-0.1, -0.05) is 24.3 Å². The Morgan fingerprint density at radius 1 is 1.26 bits per heavy atom. The molecule has 3 aromatic rings. The van der Waals surface area contributed by atoms with E-state index in [0.29, 0.717) is 18.5 Å². The van der Waals surface area contributed by atoms with E-state index in [1.54, 1.807) is 12.3 Å². The highest BCUT2D eigenvalue weighted by Crippen LogP contribution is 2.32. The number of carbonyl (C=O) groups is 1. The largest absolute Gasteiger partial charge is 0.491 e. The number of hydrogen-bond donors (Lipinski definition) is 2. The molecule has 2 aromatic carbocycles. The van der Waals surface area contributed by atoms with Gasteiger partial charge in [-0.15, -0.1) is 0 Å². The number of hydrogen-bond acceptors (Lipinski definition) is 4. The van der Waals surface area contributed by atoms with E-state index < -0.39 is 0 Å². The van der Waals surface area contributed by atoms with Crippen LogP contribution in [-0.2, 0) is 13.0 Å². The van der Waals surface area contributed by atoms with Crippen LogP contribution in [0, 0.1) is 0 Å². The predicted octanol–water partition coefficient (Wildman–Crippen LogP) is 3.56. The molecule has 2 N–H and O–H groups in total. The van der Waals surface area contributed by atoms with Crippen LogP contribution in [-0.4, -0.2) is 28.5 Å². The van der Waals surface area contributed by atoms with E-state index in [1.165, 1.54) is 10.2 Å². The van der Waals surface area contributed by atoms with Gasteiger partial charge < -0.3 is 15.4 Å². The zero-order valence-corrected chi connectivity index (χ0v) is 17.9. The van der Waals surface area contributed by atoms with E-state index >= 15 is 0 Å². The van der Waals surface area contributed by atoms with E-state index in [2.05, 4.69) is 21.8 Å². The van der Waals surface area contributed by atoms with Crippen LogP contribution in [0.2, 0.25) is 0 Å². The Morgan fingerprint density at radius 2 is 2.10 bits per heavy atom. The Labute approximate surface area is 181 Å². The summed E-state index contributed by atoms with van der Waals surface area (Å²) in [6.07, 6.45) is 4.69. The number of amides is 2. The van der Waals surface area contributed by atoms with E-state index in [-0.39, 0.29) is 23.7 Å². The lowest BCUT2D eigenvalue weighted by Crippen LogP contribution is -2.41. The predicted molar refractivity (Wildman–Crippen MR) is 120 cm³/mol. The SMILES string of the molecule is CC(C)Oc1ccc2c(c1)[C@@H](NC(=O)NCCn1ncc3ccccc3c1=O)CCC2. The Morgan fingerprint density at radius 3 is 2.94 bits per heavy atom. The first-order chi connectivity index (χ1) is 15.0. The smallest absolute Gasteiger partial charge is 0.315 e. The molecule has 0 radical (unpaired) electrons. The molecule has 0 fully saturated rings. The van der Waals surface area contributed by atoms with Crippen molar-refractivity contribution in [2.75, 3.05) is 6.54 Å². The van der Waals surface area contributed by atoms with E-state index in [4.69, 9.17) is 4.74 Å². The number of carbonyl (C=O) groups excluding carboxylic acids is 1. The van der Waals surface area contributed by atoms with Gasteiger partial charge in [0.15, 0.2) is 0 Å². The lowest BCUT2D eigenvalue weighted by molar-refractivity contribution is 0.233. The molecule has 0 spiro atoms. The summed E-state index contributed by atoms with van der Waals surface area (Å²) in [4.78, 5) is 25.0. The number of nitrogens with zero attached hydrogens (tertiary/aromatic N) is 2. The average Bonchev–Trinajstić information content (AvgIpc) is 2.75. The molecule has 31 heavy (non-hydrogen) atoms. The van der Waals surface area contributed by atoms with Crippen LogP contribution in [0.5, 0.6) is 5.75 Å². The summed E-state index contributed by atoms with van der Waals surface area (Å²) >= 11 is 0. The Balaban J connectivity index is 1.37. The first-order valence-electron chi connectivity index (χ1n) is 10.8. The molecule has 0 aliphatic heterocycles. The number of aryl methyl sites for hydroxylation is 1. The van der Waals surface area contributed by atoms with E-state index in [0.717, 1.165) is 36.0 Å². The van der Waals surface area contributed by atoms with Crippen molar-refractivity contribution < 1.29 is 9.53 Å². The fourth-order valence-corrected chi connectivity index (χ4v) is 4.04. The van der Waals surface area contributed by atoms with Crippen molar-refractivity contribution in [2.45, 2.75) is 51.8 Å². The van der Waals surface area contributed by atoms with Gasteiger partial charge in [-0.2, -0.15) is 5.10 Å². The Kier molecular flexibility index (Phi) is 6.21. The van der Waals surface area contributed by atoms with Gasteiger partial charge in [0.25, 0.3) is 5.56 Å². The number of rotatable bonds is 6. The fourth-order valence-electron chi connectivity index (χ4n) is 4.04. The van der Waals surface area contributed by atoms with E-state index in [9.17, 15) is 9.59 Å². The monoisotopic (exact) mass is 420 g/mol. The standard InChI is InChI=1S/C24H28N4O3/c1-16(2)31-19-11-10-17-7-5-9-22(21(17)14-19)27-24(30)25-12-13-28-23(29)20-8-4-3-6-18(20)15-26-28/h3-4,6,8,10-11,14-16,22H,5,7,9,12-13H2,1-2H3,(H2,25,27,30)/t22-/m0/s1. The summed E-state index contributed by atoms with van der Waals surface area (Å²) in [6, 6.07) is 13.2. The van der Waals surface area contributed by atoms with Crippen LogP contribution in [0.3, 0.4) is 0 Å². The molecule has 162 valence electrons. The van der Waals surface area contributed by atoms with Crippen molar-refractivity contribution >= 4 is 16.8 Å². The van der Waals surface area contributed by atoms with Crippen molar-refractivity contribution in [3.05, 3.63) is 70.1 Å². The third-order valence-corrected chi connectivity index (χ3v) is 5.48. The second-order valence-electron chi connectivity index (χ2n) is 8.13. The minimum absolute atomic E-state index is 0.0546. The van der Waals surface area contributed by atoms with Crippen LogP contribution in [0.15, 0.2) is 53.5 Å². The van der Waals surface area contributed by atoms with Crippen LogP contribution in [0.1, 0.15) is 43.9 Å². The third-order valence-electron chi connectivity index (χ3n) is 5.48. The number of urea groups is 1. The maximum absolute atomic E-state index is 12.5. The van der Waals surface area contributed by atoms with Gasteiger partial charge >= 0.3 is 6.03 Å². The summed E-state index contributed by atoms with van der Waals surface area (Å²) in [5.74, 6) is 0.824. The molecule has 0 unspecified atom stereocenters. The second-order valence-corrected chi connectivity index (χ2v) is 8.13. The van der Waals surface area contributed by atoms with Gasteiger partial charge in [0.05, 0.1) is 30.3 Å². The van der Waals surface area contributed by atoms with Gasteiger partial charge in [-0.25, -0.2) is 9.48 Å². The molecule has 2 amide bonds. The zero-order valence-electron chi connectivity index (χ0n) is 17.9. The molecular weight excluding hydrogens is 392 g/mol. The molecule has 1 aliphatic rings. The first kappa shape index (κ1) is 20.9. The molecule has 7 nitrogen and oxygen atoms in total. The summed E-state index contributed by atoms with van der Waals surface area (Å²) < 4.78 is 7.20. The van der Waals surface area contributed by atoms with Crippen molar-refractivity contribution in [3.63, 3.8) is 0 Å². The minimum Gasteiger partial charge on any atom is -0.491 e. The maximum atomic E-state index is 12.5. The summed E-state index contributed by atoms with van der Waals surface area (Å²) in [5.41, 5.74) is 2.21. The highest BCUT2D eigenvalue weighted by atomic mass is 16.5. The van der Waals surface area contributed by atoms with Gasteiger partial charge in [-0.3, -0.25) is 4.79 Å². The third kappa shape index (κ3) is 4.87. The lowest BCUT2D eigenvalue weighted by atomic mass is 9.87. The summed E-state index contributed by atoms with van der Waals surface area (Å²) in [7, 11) is 0. The molecule has 1 aromatic heterocycles. The number of fused-ring (bicyclic) bond motifs is 2. The van der Waals surface area contributed by atoms with Crippen molar-refractivity contribution in [2.24, 2.45) is 0 Å². The molecule has 1 aliphatic carbocycles. The fraction of sp³-hybridized carbons (Fsp3) is 0.375. The van der Waals surface area contributed by atoms with Crippen LogP contribution in [0.25, 0.3) is 10.8 Å². The minimum atomic E-state index is -0.248. The molecule has 4 rings (SSSR count). The van der Waals surface area contributed by atoms with Gasteiger partial charge in [-0.05, 0) is 62.4 Å². The van der Waals surface area contributed by atoms with Gasteiger partial charge in [0.1, 0.15) is 5.75 Å². The maximum Gasteiger partial charge on any atom is 0.315 e. The Hall–Kier alpha value is -3.35. The number of benzene rings is 2. The molecular formula is C24H28N4O3. The molecule has 1 heterocycles. The number of nitrogens with one attached hydrogen (secondary N) is 2. The highest BCUT2D eigenvalue weighted by molar-refractivity contribution is 5.80. The van der Waals surface area contributed by atoms with Crippen LogP contribution in [0.4, 0.5) is 4.79 Å². The Bertz CT molecular complexity index is 1140. The van der Waals surface area contributed by atoms with Crippen molar-refractivity contribution in [3.8, 4) is 5.75 Å². The molecule has 7 heteroatoms. The summed E-state index contributed by atoms with van der Waals surface area (Å²) in [5, 5.41) is 11.6. The highest BCUT2D eigenvalue weighted by Gasteiger charge is 2.22. The quantitative estimate of drug-likeness (QED) is 0.639. The van der Waals surface area contributed by atoms with Crippen LogP contribution < -0.4 is 20.9 Å². The number of aromatic nitrogens is 2. The topological polar surface area (TPSA) is 85.2 Å². The second kappa shape index (κ2) is 9.20. The average molecular weight is 421 g/mol. The van der Waals surface area contributed by atoms with Gasteiger partial charge in [0, 0.05) is 11.9 Å². The molecule has 0 saturated heterocycles. The normalized spacial score (nSPS) is 15.5. The molecule has 0 saturated carbocycles. The number of ether oxygens (including phenoxy) is 1. The molecule has 1 atom stereocenters. The zero-order chi connectivity index (χ0) is 21.8. The molecule has 0 bridgehead atoms.